The number of anilines is 1. The molecule has 0 saturated heterocycles. The second-order valence-corrected chi connectivity index (χ2v) is 9.80. The molecule has 0 unspecified atom stereocenters. The number of rotatable bonds is 8. The molecule has 2 aromatic rings. The molecule has 0 saturated carbocycles. The minimum Gasteiger partial charge on any atom is -0.419 e. The Morgan fingerprint density at radius 3 is 2.56 bits per heavy atom. The van der Waals surface area contributed by atoms with Crippen LogP contribution in [-0.2, 0) is 11.3 Å². The zero-order chi connectivity index (χ0) is 23.8. The lowest BCUT2D eigenvalue weighted by Crippen LogP contribution is -2.18. The van der Waals surface area contributed by atoms with Crippen LogP contribution in [0.3, 0.4) is 0 Å². The Bertz CT molecular complexity index is 1040. The molecule has 1 aromatic carbocycles. The van der Waals surface area contributed by atoms with Gasteiger partial charge >= 0.3 is 0 Å². The van der Waals surface area contributed by atoms with Crippen LogP contribution in [0.25, 0.3) is 5.57 Å². The van der Waals surface area contributed by atoms with Gasteiger partial charge in [0.2, 0.25) is 11.8 Å². The van der Waals surface area contributed by atoms with Crippen LogP contribution in [0, 0.1) is 10.8 Å². The van der Waals surface area contributed by atoms with E-state index in [0.717, 1.165) is 17.7 Å². The highest BCUT2D eigenvalue weighted by Gasteiger charge is 2.16. The van der Waals surface area contributed by atoms with E-state index < -0.39 is 0 Å². The number of nitrogen functional groups attached to an aromatic ring is 1. The first kappa shape index (κ1) is 25.3. The van der Waals surface area contributed by atoms with Crippen LogP contribution in [0.2, 0.25) is 0 Å². The highest BCUT2D eigenvalue weighted by atomic mass is 32.2. The van der Waals surface area contributed by atoms with Gasteiger partial charge in [-0.3, -0.25) is 10.8 Å². The first-order valence-electron chi connectivity index (χ1n) is 10.3. The standard InChI is InChI=1S/C24H32N6OS/c1-15(2)32-17(4)11-10-16(3)20-13-28-22(25)21(29-20)24(27)31-23(26)19-9-7-8-18(12-19)14-30(5)6/h7-13,15,26-27H,14H2,1-6H3,(H2,25,28)/b16-10+,17-11+,26-23?,27-24?. The fourth-order valence-electron chi connectivity index (χ4n) is 2.88. The van der Waals surface area contributed by atoms with Crippen LogP contribution < -0.4 is 5.73 Å². The summed E-state index contributed by atoms with van der Waals surface area (Å²) in [5.74, 6) is -0.365. The largest absolute Gasteiger partial charge is 0.419 e. The van der Waals surface area contributed by atoms with Gasteiger partial charge in [0.1, 0.15) is 0 Å². The quantitative estimate of drug-likeness (QED) is 0.297. The molecule has 0 spiro atoms. The summed E-state index contributed by atoms with van der Waals surface area (Å²) in [6.07, 6.45) is 5.58. The van der Waals surface area contributed by atoms with Gasteiger partial charge in [0, 0.05) is 17.4 Å². The lowest BCUT2D eigenvalue weighted by atomic mass is 10.1. The molecule has 0 aliphatic rings. The molecule has 1 heterocycles. The maximum atomic E-state index is 8.31. The Morgan fingerprint density at radius 2 is 1.91 bits per heavy atom. The van der Waals surface area contributed by atoms with Gasteiger partial charge in [-0.05, 0) is 56.1 Å². The van der Waals surface area contributed by atoms with Crippen molar-refractivity contribution in [1.82, 2.24) is 14.9 Å². The number of aromatic nitrogens is 2. The summed E-state index contributed by atoms with van der Waals surface area (Å²) in [5, 5.41) is 17.1. The number of thioether (sulfide) groups is 1. The number of nitrogens with two attached hydrogens (primary N) is 1. The fraction of sp³-hybridized carbons (Fsp3) is 0.333. The van der Waals surface area contributed by atoms with Crippen LogP contribution in [0.1, 0.15) is 50.2 Å². The molecule has 32 heavy (non-hydrogen) atoms. The molecule has 0 aliphatic carbocycles. The van der Waals surface area contributed by atoms with Crippen LogP contribution in [0.15, 0.2) is 47.5 Å². The molecular formula is C24H32N6OS. The van der Waals surface area contributed by atoms with E-state index in [-0.39, 0.29) is 23.3 Å². The third-order valence-corrected chi connectivity index (χ3v) is 5.28. The monoisotopic (exact) mass is 452 g/mol. The van der Waals surface area contributed by atoms with Gasteiger partial charge in [-0.1, -0.05) is 38.1 Å². The molecule has 0 bridgehead atoms. The van der Waals surface area contributed by atoms with Gasteiger partial charge < -0.3 is 15.4 Å². The molecule has 1 aromatic heterocycles. The van der Waals surface area contributed by atoms with Gasteiger partial charge in [0.15, 0.2) is 11.5 Å². The average Bonchev–Trinajstić information content (AvgIpc) is 2.71. The van der Waals surface area contributed by atoms with Crippen LogP contribution in [-0.4, -0.2) is 46.0 Å². The van der Waals surface area contributed by atoms with Crippen LogP contribution >= 0.6 is 11.8 Å². The molecule has 8 heteroatoms. The van der Waals surface area contributed by atoms with Crippen molar-refractivity contribution in [2.75, 3.05) is 19.8 Å². The average molecular weight is 453 g/mol. The number of hydrogen-bond acceptors (Lipinski definition) is 8. The summed E-state index contributed by atoms with van der Waals surface area (Å²) in [6, 6.07) is 7.50. The first-order chi connectivity index (χ1) is 15.1. The van der Waals surface area contributed by atoms with E-state index in [4.69, 9.17) is 21.3 Å². The zero-order valence-electron chi connectivity index (χ0n) is 19.6. The van der Waals surface area contributed by atoms with E-state index in [1.165, 1.54) is 4.91 Å². The van der Waals surface area contributed by atoms with Gasteiger partial charge in [-0.2, -0.15) is 0 Å². The van der Waals surface area contributed by atoms with Gasteiger partial charge in [-0.15, -0.1) is 11.8 Å². The zero-order valence-corrected chi connectivity index (χ0v) is 20.4. The summed E-state index contributed by atoms with van der Waals surface area (Å²) >= 11 is 1.79. The highest BCUT2D eigenvalue weighted by Crippen LogP contribution is 2.22. The summed E-state index contributed by atoms with van der Waals surface area (Å²) < 4.78 is 5.48. The molecule has 4 N–H and O–H groups in total. The Morgan fingerprint density at radius 1 is 1.19 bits per heavy atom. The van der Waals surface area contributed by atoms with E-state index in [1.807, 2.05) is 56.3 Å². The van der Waals surface area contributed by atoms with E-state index in [0.29, 0.717) is 16.5 Å². The summed E-state index contributed by atoms with van der Waals surface area (Å²) in [6.45, 7) is 9.04. The van der Waals surface area contributed by atoms with Crippen molar-refractivity contribution < 1.29 is 4.74 Å². The Hall–Kier alpha value is -2.97. The Labute approximate surface area is 194 Å². The van der Waals surface area contributed by atoms with Crippen molar-refractivity contribution in [3.8, 4) is 0 Å². The Kier molecular flexibility index (Phi) is 9.16. The van der Waals surface area contributed by atoms with Crippen molar-refractivity contribution in [3.63, 3.8) is 0 Å². The SMILES string of the molecule is C/C(=C\C=C(/C)c1cnc(N)c(C(=N)OC(=N)c2cccc(CN(C)C)c2)n1)SC(C)C. The summed E-state index contributed by atoms with van der Waals surface area (Å²) in [5.41, 5.74) is 9.19. The number of ether oxygens (including phenoxy) is 1. The lowest BCUT2D eigenvalue weighted by Gasteiger charge is -2.13. The highest BCUT2D eigenvalue weighted by molar-refractivity contribution is 8.03. The van der Waals surface area contributed by atoms with E-state index in [2.05, 4.69) is 30.7 Å². The number of nitrogens with zero attached hydrogens (tertiary/aromatic N) is 3. The molecule has 2 rings (SSSR count). The summed E-state index contributed by atoms with van der Waals surface area (Å²) in [7, 11) is 3.96. The lowest BCUT2D eigenvalue weighted by molar-refractivity contribution is 0.402. The Balaban J connectivity index is 2.19. The van der Waals surface area contributed by atoms with E-state index in [9.17, 15) is 0 Å². The van der Waals surface area contributed by atoms with Crippen molar-refractivity contribution in [2.45, 2.75) is 39.5 Å². The van der Waals surface area contributed by atoms with Crippen molar-refractivity contribution >= 4 is 34.9 Å². The molecule has 7 nitrogen and oxygen atoms in total. The second kappa shape index (κ2) is 11.6. The number of benzene rings is 1. The minimum absolute atomic E-state index is 0.0859. The third kappa shape index (κ3) is 7.62. The molecule has 0 aliphatic heterocycles. The van der Waals surface area contributed by atoms with Crippen LogP contribution in [0.5, 0.6) is 0 Å². The maximum absolute atomic E-state index is 8.31. The first-order valence-corrected chi connectivity index (χ1v) is 11.2. The smallest absolute Gasteiger partial charge is 0.243 e. The number of allylic oxidation sites excluding steroid dienone is 4. The van der Waals surface area contributed by atoms with Crippen molar-refractivity contribution in [3.05, 3.63) is 70.0 Å². The van der Waals surface area contributed by atoms with Gasteiger partial charge in [0.05, 0.1) is 11.9 Å². The molecule has 0 amide bonds. The van der Waals surface area contributed by atoms with Gasteiger partial charge in [-0.25, -0.2) is 9.97 Å². The topological polar surface area (TPSA) is 112 Å². The summed E-state index contributed by atoms with van der Waals surface area (Å²) in [4.78, 5) is 11.9. The number of nitrogens with one attached hydrogen (secondary N) is 2. The number of hydrogen-bond donors (Lipinski definition) is 3. The van der Waals surface area contributed by atoms with Crippen LogP contribution in [0.4, 0.5) is 5.82 Å². The maximum Gasteiger partial charge on any atom is 0.243 e. The van der Waals surface area contributed by atoms with Crippen molar-refractivity contribution in [2.24, 2.45) is 0 Å². The van der Waals surface area contributed by atoms with E-state index >= 15 is 0 Å². The molecule has 0 radical (unpaired) electrons. The predicted molar refractivity (Wildman–Crippen MR) is 135 cm³/mol. The van der Waals surface area contributed by atoms with E-state index in [1.54, 1.807) is 24.0 Å². The minimum atomic E-state index is -0.310. The van der Waals surface area contributed by atoms with Gasteiger partial charge in [0.25, 0.3) is 0 Å². The molecule has 0 atom stereocenters. The predicted octanol–water partition coefficient (Wildman–Crippen LogP) is 4.94. The molecule has 0 fully saturated rings. The molecular weight excluding hydrogens is 420 g/mol. The fourth-order valence-corrected chi connectivity index (χ4v) is 3.77. The third-order valence-electron chi connectivity index (χ3n) is 4.30. The normalized spacial score (nSPS) is 12.4. The van der Waals surface area contributed by atoms with Crippen molar-refractivity contribution in [1.29, 1.82) is 10.8 Å². The second-order valence-electron chi connectivity index (χ2n) is 7.98. The molecule has 170 valence electrons.